The number of carboxylic acids is 1. The monoisotopic (exact) mass is 763 g/mol. The highest BCUT2D eigenvalue weighted by atomic mass is 19.4. The summed E-state index contributed by atoms with van der Waals surface area (Å²) in [6.45, 7) is 10.1. The molecule has 0 bridgehead atoms. The maximum atomic E-state index is 14.0. The summed E-state index contributed by atoms with van der Waals surface area (Å²) < 4.78 is 95.2. The van der Waals surface area contributed by atoms with Gasteiger partial charge in [0.15, 0.2) is 0 Å². The first-order chi connectivity index (χ1) is 24.7. The standard InChI is InChI=1S/C36H47F6N3O8/c1-6-23(22(5)13-29(33(49)50)44-17-25(9-11-46)28(15-31(44)47)36(40,41)42)20-53-26-18-43(19-26)10-8-24-16-45(32(48)14-27(24)35(37,38)39)30(12-21(3)4)34(51)52-7-2/h11,14-17,21-23,26,29-30H,6-10,12-13,18-20H2,1-5H3,(H,49,50). The number of nitrogens with zero attached hydrogens (tertiary/aromatic N) is 3. The van der Waals surface area contributed by atoms with Gasteiger partial charge in [-0.25, -0.2) is 9.59 Å². The van der Waals surface area contributed by atoms with E-state index in [1.807, 2.05) is 25.7 Å². The lowest BCUT2D eigenvalue weighted by Crippen LogP contribution is -2.53. The van der Waals surface area contributed by atoms with Crippen molar-refractivity contribution in [2.45, 2.75) is 97.3 Å². The number of pyridine rings is 2. The van der Waals surface area contributed by atoms with E-state index in [0.29, 0.717) is 36.2 Å². The van der Waals surface area contributed by atoms with Crippen molar-refractivity contribution in [3.05, 3.63) is 67.5 Å². The van der Waals surface area contributed by atoms with Crippen LogP contribution in [0.2, 0.25) is 0 Å². The Morgan fingerprint density at radius 3 is 1.94 bits per heavy atom. The lowest BCUT2D eigenvalue weighted by Gasteiger charge is -2.40. The molecule has 0 spiro atoms. The Morgan fingerprint density at radius 2 is 1.45 bits per heavy atom. The Labute approximate surface area is 302 Å². The molecule has 1 aliphatic rings. The molecule has 53 heavy (non-hydrogen) atoms. The zero-order chi connectivity index (χ0) is 39.8. The summed E-state index contributed by atoms with van der Waals surface area (Å²) in [5, 5.41) is 9.94. The van der Waals surface area contributed by atoms with E-state index in [1.165, 1.54) is 0 Å². The zero-order valence-corrected chi connectivity index (χ0v) is 30.3. The number of likely N-dealkylation sites (tertiary alicyclic amines) is 1. The second kappa shape index (κ2) is 18.4. The van der Waals surface area contributed by atoms with Crippen molar-refractivity contribution in [2.24, 2.45) is 17.8 Å². The van der Waals surface area contributed by atoms with Gasteiger partial charge in [-0.05, 0) is 55.1 Å². The Hall–Kier alpha value is -3.99. The summed E-state index contributed by atoms with van der Waals surface area (Å²) in [6.07, 6.45) is -7.97. The Bertz CT molecular complexity index is 1700. The van der Waals surface area contributed by atoms with Gasteiger partial charge >= 0.3 is 24.3 Å². The highest BCUT2D eigenvalue weighted by Gasteiger charge is 2.38. The topological polar surface area (TPSA) is 137 Å². The zero-order valence-electron chi connectivity index (χ0n) is 30.3. The van der Waals surface area contributed by atoms with E-state index in [0.717, 1.165) is 17.0 Å². The second-order valence-electron chi connectivity index (χ2n) is 13.9. The molecule has 17 heteroatoms. The van der Waals surface area contributed by atoms with Gasteiger partial charge in [0.25, 0.3) is 11.1 Å². The van der Waals surface area contributed by atoms with Gasteiger partial charge in [0.2, 0.25) is 0 Å². The van der Waals surface area contributed by atoms with Gasteiger partial charge in [-0.2, -0.15) is 26.3 Å². The summed E-state index contributed by atoms with van der Waals surface area (Å²) in [4.78, 5) is 63.3. The number of carboxylic acid groups (broad SMARTS) is 1. The van der Waals surface area contributed by atoms with Crippen molar-refractivity contribution in [3.8, 4) is 0 Å². The van der Waals surface area contributed by atoms with Gasteiger partial charge in [0, 0.05) is 50.6 Å². The maximum Gasteiger partial charge on any atom is 0.416 e. The number of aromatic nitrogens is 2. The molecule has 1 fully saturated rings. The fourth-order valence-corrected chi connectivity index (χ4v) is 6.57. The van der Waals surface area contributed by atoms with Crippen LogP contribution in [-0.2, 0) is 49.1 Å². The SMILES string of the molecule is CCOC(=O)C(CC(C)C)n1cc(CCN2CC(OCC(CC)C(C)CC(C(=O)O)n3cc(CC=O)c(C(F)(F)F)cc3=O)C2)c(C(F)(F)F)cc1=O. The maximum absolute atomic E-state index is 14.0. The third-order valence-electron chi connectivity index (χ3n) is 9.54. The molecule has 0 aromatic carbocycles. The van der Waals surface area contributed by atoms with E-state index in [9.17, 15) is 55.4 Å². The van der Waals surface area contributed by atoms with Crippen LogP contribution in [-0.4, -0.2) is 76.3 Å². The summed E-state index contributed by atoms with van der Waals surface area (Å²) in [7, 11) is 0. The number of rotatable bonds is 19. The minimum atomic E-state index is -4.91. The lowest BCUT2D eigenvalue weighted by atomic mass is 9.86. The molecule has 0 saturated carbocycles. The quantitative estimate of drug-likeness (QED) is 0.111. The molecule has 1 saturated heterocycles. The van der Waals surface area contributed by atoms with Crippen LogP contribution in [0.25, 0.3) is 0 Å². The van der Waals surface area contributed by atoms with Gasteiger partial charge in [-0.15, -0.1) is 0 Å². The molecule has 0 radical (unpaired) electrons. The van der Waals surface area contributed by atoms with Gasteiger partial charge in [0.05, 0.1) is 30.4 Å². The Kier molecular flexibility index (Phi) is 15.0. The fourth-order valence-electron chi connectivity index (χ4n) is 6.57. The number of carbonyl (C=O) groups is 3. The van der Waals surface area contributed by atoms with Crippen LogP contribution in [0.5, 0.6) is 0 Å². The predicted molar refractivity (Wildman–Crippen MR) is 180 cm³/mol. The van der Waals surface area contributed by atoms with Gasteiger partial charge < -0.3 is 28.5 Å². The molecular weight excluding hydrogens is 716 g/mol. The molecule has 2 aromatic heterocycles. The van der Waals surface area contributed by atoms with E-state index < -0.39 is 70.6 Å². The van der Waals surface area contributed by atoms with Crippen LogP contribution >= 0.6 is 0 Å². The molecule has 2 aromatic rings. The van der Waals surface area contributed by atoms with E-state index >= 15 is 0 Å². The number of esters is 1. The molecule has 1 aliphatic heterocycles. The van der Waals surface area contributed by atoms with Gasteiger partial charge in [0.1, 0.15) is 18.4 Å². The molecule has 296 valence electrons. The van der Waals surface area contributed by atoms with Crippen LogP contribution < -0.4 is 11.1 Å². The predicted octanol–water partition coefficient (Wildman–Crippen LogP) is 5.56. The molecule has 0 aliphatic carbocycles. The van der Waals surface area contributed by atoms with E-state index in [-0.39, 0.29) is 74.7 Å². The number of hydrogen-bond donors (Lipinski definition) is 1. The van der Waals surface area contributed by atoms with E-state index in [1.54, 1.807) is 13.8 Å². The third kappa shape index (κ3) is 11.5. The number of aliphatic carboxylic acids is 1. The first-order valence-electron chi connectivity index (χ1n) is 17.5. The van der Waals surface area contributed by atoms with E-state index in [2.05, 4.69) is 0 Å². The lowest BCUT2D eigenvalue weighted by molar-refractivity contribution is -0.148. The van der Waals surface area contributed by atoms with Crippen molar-refractivity contribution in [1.29, 1.82) is 0 Å². The van der Waals surface area contributed by atoms with Crippen molar-refractivity contribution in [1.82, 2.24) is 14.0 Å². The normalized spacial score (nSPS) is 16.5. The molecule has 3 rings (SSSR count). The molecule has 4 atom stereocenters. The molecular formula is C36H47F6N3O8. The first kappa shape index (κ1) is 43.4. The number of ether oxygens (including phenoxy) is 2. The number of hydrogen-bond acceptors (Lipinski definition) is 8. The smallest absolute Gasteiger partial charge is 0.416 e. The number of halogens is 6. The van der Waals surface area contributed by atoms with Crippen LogP contribution in [0.1, 0.15) is 88.2 Å². The third-order valence-corrected chi connectivity index (χ3v) is 9.54. The number of carbonyl (C=O) groups excluding carboxylic acids is 2. The van der Waals surface area contributed by atoms with Crippen LogP contribution in [0.15, 0.2) is 34.1 Å². The summed E-state index contributed by atoms with van der Waals surface area (Å²) in [6, 6.07) is -1.77. The molecule has 3 heterocycles. The van der Waals surface area contributed by atoms with Crippen LogP contribution in [0, 0.1) is 17.8 Å². The van der Waals surface area contributed by atoms with Crippen LogP contribution in [0.3, 0.4) is 0 Å². The first-order valence-corrected chi connectivity index (χ1v) is 17.5. The number of alkyl halides is 6. The van der Waals surface area contributed by atoms with E-state index in [4.69, 9.17) is 9.47 Å². The molecule has 0 amide bonds. The van der Waals surface area contributed by atoms with Crippen molar-refractivity contribution in [2.75, 3.05) is 32.8 Å². The molecule has 1 N–H and O–H groups in total. The van der Waals surface area contributed by atoms with Crippen molar-refractivity contribution < 1.29 is 55.3 Å². The highest BCUT2D eigenvalue weighted by molar-refractivity contribution is 5.74. The Balaban J connectivity index is 1.66. The average molecular weight is 764 g/mol. The summed E-state index contributed by atoms with van der Waals surface area (Å²) in [5.74, 6) is -2.76. The molecule has 4 unspecified atom stereocenters. The fraction of sp³-hybridized carbons (Fsp3) is 0.639. The van der Waals surface area contributed by atoms with Gasteiger partial charge in [-0.1, -0.05) is 34.1 Å². The second-order valence-corrected chi connectivity index (χ2v) is 13.9. The van der Waals surface area contributed by atoms with Crippen LogP contribution in [0.4, 0.5) is 26.3 Å². The van der Waals surface area contributed by atoms with Crippen molar-refractivity contribution in [3.63, 3.8) is 0 Å². The van der Waals surface area contributed by atoms with Crippen molar-refractivity contribution >= 4 is 18.2 Å². The number of aldehydes is 1. The molecule has 11 nitrogen and oxygen atoms in total. The highest BCUT2D eigenvalue weighted by Crippen LogP contribution is 2.34. The average Bonchev–Trinajstić information content (AvgIpc) is 3.03. The minimum absolute atomic E-state index is 0.0445. The Morgan fingerprint density at radius 1 is 0.906 bits per heavy atom. The largest absolute Gasteiger partial charge is 0.480 e. The summed E-state index contributed by atoms with van der Waals surface area (Å²) >= 11 is 0. The van der Waals surface area contributed by atoms with Gasteiger partial charge in [-0.3, -0.25) is 14.5 Å². The summed E-state index contributed by atoms with van der Waals surface area (Å²) in [5.41, 5.74) is -5.15. The minimum Gasteiger partial charge on any atom is -0.480 e.